The van der Waals surface area contributed by atoms with Gasteiger partial charge in [0.1, 0.15) is 5.60 Å². The number of ether oxygens (including phenoxy) is 1. The number of hydrogen-bond donors (Lipinski definition) is 0. The first-order chi connectivity index (χ1) is 7.46. The summed E-state index contributed by atoms with van der Waals surface area (Å²) in [6.45, 7) is 5.55. The van der Waals surface area contributed by atoms with E-state index in [1.54, 1.807) is 29.0 Å². The smallest absolute Gasteiger partial charge is 0.338 e. The summed E-state index contributed by atoms with van der Waals surface area (Å²) in [7, 11) is 0. The standard InChI is InChI=1S/C12H14N2O2/c1-12(2,3)16-11(15)9-5-7-14-10(8-9)4-6-13-14/h4-8H,1-3H3. The SMILES string of the molecule is CC(C)(C)OC(=O)c1ccn2nccc2c1. The number of hydrogen-bond acceptors (Lipinski definition) is 3. The molecule has 2 aromatic heterocycles. The molecule has 0 unspecified atom stereocenters. The van der Waals surface area contributed by atoms with Gasteiger partial charge in [0.2, 0.25) is 0 Å². The van der Waals surface area contributed by atoms with Crippen LogP contribution < -0.4 is 0 Å². The molecule has 0 aromatic carbocycles. The lowest BCUT2D eigenvalue weighted by molar-refractivity contribution is 0.00695. The van der Waals surface area contributed by atoms with Crippen molar-refractivity contribution in [3.05, 3.63) is 36.2 Å². The molecule has 0 aliphatic heterocycles. The second-order valence-corrected chi connectivity index (χ2v) is 4.62. The second kappa shape index (κ2) is 3.63. The van der Waals surface area contributed by atoms with Crippen LogP contribution in [0.15, 0.2) is 30.6 Å². The second-order valence-electron chi connectivity index (χ2n) is 4.62. The molecule has 0 saturated carbocycles. The van der Waals surface area contributed by atoms with Crippen molar-refractivity contribution in [2.24, 2.45) is 0 Å². The summed E-state index contributed by atoms with van der Waals surface area (Å²) in [6, 6.07) is 5.31. The predicted octanol–water partition coefficient (Wildman–Crippen LogP) is 2.29. The summed E-state index contributed by atoms with van der Waals surface area (Å²) in [5.41, 5.74) is 0.954. The fourth-order valence-corrected chi connectivity index (χ4v) is 1.39. The molecule has 0 N–H and O–H groups in total. The number of pyridine rings is 1. The summed E-state index contributed by atoms with van der Waals surface area (Å²) in [5.74, 6) is -0.309. The van der Waals surface area contributed by atoms with E-state index in [0.717, 1.165) is 5.52 Å². The number of fused-ring (bicyclic) bond motifs is 1. The van der Waals surface area contributed by atoms with E-state index in [1.807, 2.05) is 26.8 Å². The number of esters is 1. The first kappa shape index (κ1) is 10.7. The van der Waals surface area contributed by atoms with Crippen LogP contribution in [-0.2, 0) is 4.74 Å². The average molecular weight is 218 g/mol. The van der Waals surface area contributed by atoms with Crippen molar-refractivity contribution in [1.29, 1.82) is 0 Å². The number of rotatable bonds is 1. The van der Waals surface area contributed by atoms with Gasteiger partial charge in [-0.25, -0.2) is 9.31 Å². The van der Waals surface area contributed by atoms with E-state index in [-0.39, 0.29) is 5.97 Å². The number of aromatic nitrogens is 2. The molecule has 0 aliphatic rings. The molecule has 4 nitrogen and oxygen atoms in total. The third kappa shape index (κ3) is 2.21. The van der Waals surface area contributed by atoms with Crippen LogP contribution in [0.2, 0.25) is 0 Å². The molecule has 0 saturated heterocycles. The molecule has 2 rings (SSSR count). The molecule has 0 bridgehead atoms. The van der Waals surface area contributed by atoms with Gasteiger partial charge >= 0.3 is 5.97 Å². The summed E-state index contributed by atoms with van der Waals surface area (Å²) in [5, 5.41) is 4.06. The quantitative estimate of drug-likeness (QED) is 0.690. The largest absolute Gasteiger partial charge is 0.456 e. The van der Waals surface area contributed by atoms with E-state index in [0.29, 0.717) is 5.56 Å². The highest BCUT2D eigenvalue weighted by Gasteiger charge is 2.17. The molecule has 0 atom stereocenters. The predicted molar refractivity (Wildman–Crippen MR) is 60.4 cm³/mol. The number of carbonyl (C=O) groups is 1. The zero-order chi connectivity index (χ0) is 11.8. The van der Waals surface area contributed by atoms with Gasteiger partial charge in [0.15, 0.2) is 0 Å². The molecule has 0 aliphatic carbocycles. The van der Waals surface area contributed by atoms with Gasteiger partial charge in [0, 0.05) is 12.4 Å². The summed E-state index contributed by atoms with van der Waals surface area (Å²) in [4.78, 5) is 11.8. The minimum atomic E-state index is -0.469. The Morgan fingerprint density at radius 1 is 1.38 bits per heavy atom. The van der Waals surface area contributed by atoms with Crippen LogP contribution in [-0.4, -0.2) is 21.2 Å². The van der Waals surface area contributed by atoms with E-state index >= 15 is 0 Å². The Morgan fingerprint density at radius 2 is 2.12 bits per heavy atom. The Hall–Kier alpha value is -1.84. The highest BCUT2D eigenvalue weighted by molar-refractivity contribution is 5.90. The van der Waals surface area contributed by atoms with Crippen LogP contribution in [0.1, 0.15) is 31.1 Å². The van der Waals surface area contributed by atoms with Crippen molar-refractivity contribution in [3.8, 4) is 0 Å². The van der Waals surface area contributed by atoms with Crippen LogP contribution in [0.3, 0.4) is 0 Å². The fraction of sp³-hybridized carbons (Fsp3) is 0.333. The summed E-state index contributed by atoms with van der Waals surface area (Å²) < 4.78 is 6.98. The van der Waals surface area contributed by atoms with Gasteiger partial charge in [-0.05, 0) is 39.0 Å². The molecular weight excluding hydrogens is 204 g/mol. The topological polar surface area (TPSA) is 43.6 Å². The Balaban J connectivity index is 2.29. The van der Waals surface area contributed by atoms with Gasteiger partial charge in [0.25, 0.3) is 0 Å². The van der Waals surface area contributed by atoms with Crippen LogP contribution >= 0.6 is 0 Å². The van der Waals surface area contributed by atoms with Gasteiger partial charge < -0.3 is 4.74 Å². The Bertz CT molecular complexity index is 523. The normalized spacial score (nSPS) is 11.7. The fourth-order valence-electron chi connectivity index (χ4n) is 1.39. The average Bonchev–Trinajstić information content (AvgIpc) is 2.61. The Morgan fingerprint density at radius 3 is 2.81 bits per heavy atom. The minimum Gasteiger partial charge on any atom is -0.456 e. The zero-order valence-corrected chi connectivity index (χ0v) is 9.60. The molecular formula is C12H14N2O2. The third-order valence-corrected chi connectivity index (χ3v) is 2.03. The first-order valence-corrected chi connectivity index (χ1v) is 5.12. The molecule has 0 amide bonds. The van der Waals surface area contributed by atoms with E-state index in [9.17, 15) is 4.79 Å². The molecule has 0 spiro atoms. The van der Waals surface area contributed by atoms with E-state index in [2.05, 4.69) is 5.10 Å². The van der Waals surface area contributed by atoms with Crippen molar-refractivity contribution in [1.82, 2.24) is 9.61 Å². The van der Waals surface area contributed by atoms with Crippen LogP contribution in [0, 0.1) is 0 Å². The van der Waals surface area contributed by atoms with Crippen molar-refractivity contribution >= 4 is 11.5 Å². The highest BCUT2D eigenvalue weighted by Crippen LogP contribution is 2.13. The van der Waals surface area contributed by atoms with Crippen LogP contribution in [0.25, 0.3) is 5.52 Å². The molecule has 4 heteroatoms. The molecule has 2 heterocycles. The maximum atomic E-state index is 11.8. The third-order valence-electron chi connectivity index (χ3n) is 2.03. The van der Waals surface area contributed by atoms with Crippen LogP contribution in [0.5, 0.6) is 0 Å². The van der Waals surface area contributed by atoms with Gasteiger partial charge in [0.05, 0.1) is 11.1 Å². The van der Waals surface area contributed by atoms with Crippen LogP contribution in [0.4, 0.5) is 0 Å². The Labute approximate surface area is 93.8 Å². The maximum Gasteiger partial charge on any atom is 0.338 e. The first-order valence-electron chi connectivity index (χ1n) is 5.12. The highest BCUT2D eigenvalue weighted by atomic mass is 16.6. The summed E-state index contributed by atoms with van der Waals surface area (Å²) >= 11 is 0. The minimum absolute atomic E-state index is 0.309. The van der Waals surface area contributed by atoms with E-state index < -0.39 is 5.60 Å². The van der Waals surface area contributed by atoms with Gasteiger partial charge in [-0.15, -0.1) is 0 Å². The Kier molecular flexibility index (Phi) is 2.42. The van der Waals surface area contributed by atoms with Crippen molar-refractivity contribution in [3.63, 3.8) is 0 Å². The number of carbonyl (C=O) groups excluding carboxylic acids is 1. The molecule has 0 fully saturated rings. The van der Waals surface area contributed by atoms with E-state index in [4.69, 9.17) is 4.74 Å². The lowest BCUT2D eigenvalue weighted by Crippen LogP contribution is -2.23. The van der Waals surface area contributed by atoms with Gasteiger partial charge in [-0.1, -0.05) is 0 Å². The molecule has 2 aromatic rings. The molecule has 0 radical (unpaired) electrons. The summed E-state index contributed by atoms with van der Waals surface area (Å²) in [6.07, 6.45) is 3.43. The number of nitrogens with zero attached hydrogens (tertiary/aromatic N) is 2. The zero-order valence-electron chi connectivity index (χ0n) is 9.60. The molecule has 84 valence electrons. The van der Waals surface area contributed by atoms with Crippen molar-refractivity contribution in [2.45, 2.75) is 26.4 Å². The molecule has 16 heavy (non-hydrogen) atoms. The van der Waals surface area contributed by atoms with Crippen molar-refractivity contribution < 1.29 is 9.53 Å². The van der Waals surface area contributed by atoms with Gasteiger partial charge in [-0.3, -0.25) is 0 Å². The lowest BCUT2D eigenvalue weighted by atomic mass is 10.2. The maximum absolute atomic E-state index is 11.8. The van der Waals surface area contributed by atoms with Gasteiger partial charge in [-0.2, -0.15) is 5.10 Å². The van der Waals surface area contributed by atoms with E-state index in [1.165, 1.54) is 0 Å². The lowest BCUT2D eigenvalue weighted by Gasteiger charge is -2.19. The monoisotopic (exact) mass is 218 g/mol. The van der Waals surface area contributed by atoms with Crippen molar-refractivity contribution in [2.75, 3.05) is 0 Å².